The fourth-order valence-corrected chi connectivity index (χ4v) is 2.46. The van der Waals surface area contributed by atoms with Crippen molar-refractivity contribution in [1.29, 1.82) is 5.26 Å². The summed E-state index contributed by atoms with van der Waals surface area (Å²) in [5, 5.41) is 17.0. The van der Waals surface area contributed by atoms with Crippen LogP contribution in [0.1, 0.15) is 25.1 Å². The van der Waals surface area contributed by atoms with Gasteiger partial charge in [-0.15, -0.1) is 0 Å². The van der Waals surface area contributed by atoms with Crippen molar-refractivity contribution in [1.82, 2.24) is 15.1 Å². The summed E-state index contributed by atoms with van der Waals surface area (Å²) in [7, 11) is 1.90. The first-order chi connectivity index (χ1) is 7.94. The normalized spacial score (nSPS) is 19.1. The van der Waals surface area contributed by atoms with Crippen molar-refractivity contribution in [3.8, 4) is 6.07 Å². The smallest absolute Gasteiger partial charge is 0.145 e. The van der Waals surface area contributed by atoms with Gasteiger partial charge in [0.2, 0.25) is 0 Å². The van der Waals surface area contributed by atoms with Crippen LogP contribution in [-0.4, -0.2) is 35.0 Å². The minimum absolute atomic E-state index is 0.0726. The molecule has 1 aliphatic heterocycles. The molecule has 1 aromatic heterocycles. The molecule has 0 atom stereocenters. The number of nitriles is 1. The maximum absolute atomic E-state index is 9.23. The lowest BCUT2D eigenvalue weighted by molar-refractivity contribution is 0.350. The monoisotopic (exact) mass is 233 g/mol. The molecule has 5 heteroatoms. The number of hydrogen-bond acceptors (Lipinski definition) is 4. The number of aryl methyl sites for hydroxylation is 2. The molecule has 0 aliphatic carbocycles. The molecule has 5 nitrogen and oxygen atoms in total. The van der Waals surface area contributed by atoms with Crippen molar-refractivity contribution < 1.29 is 0 Å². The molecule has 1 aromatic rings. The van der Waals surface area contributed by atoms with Gasteiger partial charge in [-0.1, -0.05) is 0 Å². The Labute approximate surface area is 102 Å². The molecule has 1 N–H and O–H groups in total. The number of nitrogens with one attached hydrogen (secondary N) is 1. The Morgan fingerprint density at radius 3 is 2.76 bits per heavy atom. The molecule has 1 saturated heterocycles. The van der Waals surface area contributed by atoms with Crippen molar-refractivity contribution in [2.24, 2.45) is 7.05 Å². The molecule has 0 unspecified atom stereocenters. The zero-order valence-corrected chi connectivity index (χ0v) is 10.9. The molecule has 2 rings (SSSR count). The zero-order valence-electron chi connectivity index (χ0n) is 10.9. The van der Waals surface area contributed by atoms with Gasteiger partial charge < -0.3 is 10.2 Å². The Bertz CT molecular complexity index is 466. The molecule has 2 heterocycles. The molecule has 0 saturated carbocycles. The third kappa shape index (κ3) is 2.13. The maximum Gasteiger partial charge on any atom is 0.145 e. The van der Waals surface area contributed by atoms with Crippen LogP contribution < -0.4 is 10.2 Å². The summed E-state index contributed by atoms with van der Waals surface area (Å²) in [5.41, 5.74) is 1.58. The van der Waals surface area contributed by atoms with Gasteiger partial charge in [0.1, 0.15) is 17.5 Å². The van der Waals surface area contributed by atoms with Crippen LogP contribution in [0.25, 0.3) is 0 Å². The summed E-state index contributed by atoms with van der Waals surface area (Å²) < 4.78 is 1.81. The summed E-state index contributed by atoms with van der Waals surface area (Å²) in [4.78, 5) is 2.25. The predicted octanol–water partition coefficient (Wildman–Crippen LogP) is 0.788. The van der Waals surface area contributed by atoms with Gasteiger partial charge in [-0.05, 0) is 20.8 Å². The minimum atomic E-state index is 0.0726. The molecule has 0 aromatic carbocycles. The number of aromatic nitrogens is 2. The predicted molar refractivity (Wildman–Crippen MR) is 67.0 cm³/mol. The van der Waals surface area contributed by atoms with E-state index in [0.717, 1.165) is 31.1 Å². The summed E-state index contributed by atoms with van der Waals surface area (Å²) in [6.07, 6.45) is 0. The lowest BCUT2D eigenvalue weighted by Crippen LogP contribution is -2.57. The first kappa shape index (κ1) is 11.9. The third-order valence-corrected chi connectivity index (χ3v) is 3.17. The second-order valence-electron chi connectivity index (χ2n) is 5.25. The number of piperazine rings is 1. The lowest BCUT2D eigenvalue weighted by atomic mass is 10.0. The van der Waals surface area contributed by atoms with E-state index in [-0.39, 0.29) is 5.54 Å². The van der Waals surface area contributed by atoms with E-state index in [1.54, 1.807) is 0 Å². The SMILES string of the molecule is Cc1nn(C)c(N2CCNC(C)(C)C2)c1C#N. The summed E-state index contributed by atoms with van der Waals surface area (Å²) in [5.74, 6) is 0.944. The molecular formula is C12H19N5. The van der Waals surface area contributed by atoms with Gasteiger partial charge in [-0.25, -0.2) is 0 Å². The van der Waals surface area contributed by atoms with E-state index >= 15 is 0 Å². The Balaban J connectivity index is 2.37. The Morgan fingerprint density at radius 1 is 1.47 bits per heavy atom. The fraction of sp³-hybridized carbons (Fsp3) is 0.667. The van der Waals surface area contributed by atoms with Crippen molar-refractivity contribution >= 4 is 5.82 Å². The molecule has 17 heavy (non-hydrogen) atoms. The van der Waals surface area contributed by atoms with E-state index in [1.165, 1.54) is 0 Å². The van der Waals surface area contributed by atoms with Crippen molar-refractivity contribution in [2.75, 3.05) is 24.5 Å². The van der Waals surface area contributed by atoms with Gasteiger partial charge in [0.05, 0.1) is 5.69 Å². The van der Waals surface area contributed by atoms with Gasteiger partial charge in [-0.2, -0.15) is 10.4 Å². The largest absolute Gasteiger partial charge is 0.353 e. The van der Waals surface area contributed by atoms with E-state index in [4.69, 9.17) is 0 Å². The van der Waals surface area contributed by atoms with Crippen LogP contribution in [0.3, 0.4) is 0 Å². The highest BCUT2D eigenvalue weighted by molar-refractivity contribution is 5.57. The second-order valence-corrected chi connectivity index (χ2v) is 5.25. The van der Waals surface area contributed by atoms with Gasteiger partial charge in [0.25, 0.3) is 0 Å². The molecule has 0 amide bonds. The molecule has 0 bridgehead atoms. The number of rotatable bonds is 1. The molecule has 0 radical (unpaired) electrons. The first-order valence-electron chi connectivity index (χ1n) is 5.88. The van der Waals surface area contributed by atoms with E-state index < -0.39 is 0 Å². The van der Waals surface area contributed by atoms with Crippen LogP contribution in [0, 0.1) is 18.3 Å². The van der Waals surface area contributed by atoms with E-state index in [1.807, 2.05) is 18.7 Å². The average Bonchev–Trinajstić information content (AvgIpc) is 2.51. The third-order valence-electron chi connectivity index (χ3n) is 3.17. The number of anilines is 1. The van der Waals surface area contributed by atoms with E-state index in [9.17, 15) is 5.26 Å². The Hall–Kier alpha value is -1.54. The molecular weight excluding hydrogens is 214 g/mol. The maximum atomic E-state index is 9.23. The van der Waals surface area contributed by atoms with Gasteiger partial charge in [0, 0.05) is 32.2 Å². The van der Waals surface area contributed by atoms with Crippen LogP contribution in [0.15, 0.2) is 0 Å². The van der Waals surface area contributed by atoms with Crippen LogP contribution in [0.5, 0.6) is 0 Å². The van der Waals surface area contributed by atoms with Gasteiger partial charge in [-0.3, -0.25) is 4.68 Å². The Morgan fingerprint density at radius 2 is 2.18 bits per heavy atom. The van der Waals surface area contributed by atoms with Crippen LogP contribution >= 0.6 is 0 Å². The van der Waals surface area contributed by atoms with E-state index in [2.05, 4.69) is 35.2 Å². The highest BCUT2D eigenvalue weighted by Gasteiger charge is 2.29. The number of nitrogens with zero attached hydrogens (tertiary/aromatic N) is 4. The summed E-state index contributed by atoms with van der Waals surface area (Å²) in [6, 6.07) is 2.26. The second kappa shape index (κ2) is 4.04. The summed E-state index contributed by atoms with van der Waals surface area (Å²) in [6.45, 7) is 8.97. The topological polar surface area (TPSA) is 56.9 Å². The molecule has 1 fully saturated rings. The van der Waals surface area contributed by atoms with Crippen LogP contribution in [-0.2, 0) is 7.05 Å². The van der Waals surface area contributed by atoms with Crippen LogP contribution in [0.2, 0.25) is 0 Å². The highest BCUT2D eigenvalue weighted by atomic mass is 15.4. The fourth-order valence-electron chi connectivity index (χ4n) is 2.46. The number of hydrogen-bond donors (Lipinski definition) is 1. The van der Waals surface area contributed by atoms with Gasteiger partial charge >= 0.3 is 0 Å². The Kier molecular flexibility index (Phi) is 2.84. The lowest BCUT2D eigenvalue weighted by Gasteiger charge is -2.40. The molecule has 1 aliphatic rings. The van der Waals surface area contributed by atoms with Crippen molar-refractivity contribution in [3.63, 3.8) is 0 Å². The first-order valence-corrected chi connectivity index (χ1v) is 5.88. The standard InChI is InChI=1S/C12H19N5/c1-9-10(7-13)11(16(4)15-9)17-6-5-14-12(2,3)8-17/h14H,5-6,8H2,1-4H3. The zero-order chi connectivity index (χ0) is 12.6. The quantitative estimate of drug-likeness (QED) is 0.779. The van der Waals surface area contributed by atoms with Crippen molar-refractivity contribution in [3.05, 3.63) is 11.3 Å². The summed E-state index contributed by atoms with van der Waals surface area (Å²) >= 11 is 0. The minimum Gasteiger partial charge on any atom is -0.353 e. The van der Waals surface area contributed by atoms with Crippen molar-refractivity contribution in [2.45, 2.75) is 26.3 Å². The van der Waals surface area contributed by atoms with Gasteiger partial charge in [0.15, 0.2) is 0 Å². The highest BCUT2D eigenvalue weighted by Crippen LogP contribution is 2.25. The average molecular weight is 233 g/mol. The molecule has 0 spiro atoms. The van der Waals surface area contributed by atoms with E-state index in [0.29, 0.717) is 5.56 Å². The van der Waals surface area contributed by atoms with Crippen LogP contribution in [0.4, 0.5) is 5.82 Å². The molecule has 92 valence electrons.